The molecule has 6 heteroatoms. The molecule has 1 aliphatic rings. The Morgan fingerprint density at radius 3 is 2.82 bits per heavy atom. The molecule has 98 valence electrons. The maximum Gasteiger partial charge on any atom is 0.312 e. The fourth-order valence-corrected chi connectivity index (χ4v) is 2.11. The van der Waals surface area contributed by atoms with Crippen LogP contribution in [0.3, 0.4) is 0 Å². The molecule has 5 N–H and O–H groups in total. The number of rotatable bonds is 5. The van der Waals surface area contributed by atoms with Gasteiger partial charge in [0.2, 0.25) is 5.91 Å². The van der Waals surface area contributed by atoms with E-state index in [2.05, 4.69) is 5.32 Å². The van der Waals surface area contributed by atoms with Crippen LogP contribution in [0.1, 0.15) is 25.7 Å². The average Bonchev–Trinajstić information content (AvgIpc) is 2.33. The van der Waals surface area contributed by atoms with Crippen LogP contribution in [-0.2, 0) is 4.79 Å². The fraction of sp³-hybridized carbons (Fsp3) is 0.818. The van der Waals surface area contributed by atoms with Crippen LogP contribution in [0.2, 0.25) is 0 Å². The largest absolute Gasteiger partial charge is 0.352 e. The third-order valence-electron chi connectivity index (χ3n) is 3.03. The lowest BCUT2D eigenvalue weighted by Gasteiger charge is -2.32. The van der Waals surface area contributed by atoms with Crippen LogP contribution in [0.15, 0.2) is 0 Å². The minimum absolute atomic E-state index is 0.166. The van der Waals surface area contributed by atoms with Crippen molar-refractivity contribution >= 4 is 11.9 Å². The van der Waals surface area contributed by atoms with E-state index in [4.69, 9.17) is 11.5 Å². The zero-order valence-corrected chi connectivity index (χ0v) is 10.2. The summed E-state index contributed by atoms with van der Waals surface area (Å²) in [4.78, 5) is 24.3. The third-order valence-corrected chi connectivity index (χ3v) is 3.03. The molecule has 1 saturated heterocycles. The Hall–Kier alpha value is -1.30. The Morgan fingerprint density at radius 2 is 2.18 bits per heavy atom. The molecular weight excluding hydrogens is 220 g/mol. The van der Waals surface area contributed by atoms with Gasteiger partial charge in [0, 0.05) is 26.1 Å². The molecule has 17 heavy (non-hydrogen) atoms. The highest BCUT2D eigenvalue weighted by Crippen LogP contribution is 2.16. The first-order valence-corrected chi connectivity index (χ1v) is 6.14. The Morgan fingerprint density at radius 1 is 1.41 bits per heavy atom. The van der Waals surface area contributed by atoms with Gasteiger partial charge in [-0.2, -0.15) is 0 Å². The third kappa shape index (κ3) is 5.04. The topological polar surface area (TPSA) is 101 Å². The molecule has 0 radical (unpaired) electrons. The van der Waals surface area contributed by atoms with E-state index in [1.807, 2.05) is 4.90 Å². The van der Waals surface area contributed by atoms with Gasteiger partial charge in [0.15, 0.2) is 0 Å². The summed E-state index contributed by atoms with van der Waals surface area (Å²) in [6.45, 7) is 2.63. The number of amides is 3. The maximum atomic E-state index is 11.8. The molecule has 1 heterocycles. The van der Waals surface area contributed by atoms with Crippen LogP contribution >= 0.6 is 0 Å². The second-order valence-corrected chi connectivity index (χ2v) is 4.49. The van der Waals surface area contributed by atoms with Crippen molar-refractivity contribution in [3.05, 3.63) is 0 Å². The molecule has 6 nitrogen and oxygen atoms in total. The van der Waals surface area contributed by atoms with E-state index < -0.39 is 6.03 Å². The van der Waals surface area contributed by atoms with Gasteiger partial charge in [-0.25, -0.2) is 4.79 Å². The minimum Gasteiger partial charge on any atom is -0.352 e. The van der Waals surface area contributed by atoms with E-state index in [0.29, 0.717) is 32.0 Å². The van der Waals surface area contributed by atoms with Gasteiger partial charge in [0.05, 0.1) is 0 Å². The van der Waals surface area contributed by atoms with E-state index in [0.717, 1.165) is 25.8 Å². The monoisotopic (exact) mass is 242 g/mol. The Kier molecular flexibility index (Phi) is 5.76. The van der Waals surface area contributed by atoms with E-state index >= 15 is 0 Å². The van der Waals surface area contributed by atoms with Crippen LogP contribution in [0, 0.1) is 5.92 Å². The zero-order chi connectivity index (χ0) is 12.7. The van der Waals surface area contributed by atoms with Crippen molar-refractivity contribution in [1.82, 2.24) is 10.2 Å². The standard InChI is InChI=1S/C11H22N4O2/c12-5-1-4-10(16)15-6-2-3-9(8-15)7-14-11(13)17/h9H,1-8,12H2,(H3,13,14,17). The number of primary amides is 1. The van der Waals surface area contributed by atoms with Crippen LogP contribution in [0.4, 0.5) is 4.79 Å². The Bertz CT molecular complexity index is 270. The molecule has 0 aromatic carbocycles. The zero-order valence-electron chi connectivity index (χ0n) is 10.2. The lowest BCUT2D eigenvalue weighted by molar-refractivity contribution is -0.133. The summed E-state index contributed by atoms with van der Waals surface area (Å²) in [5.41, 5.74) is 10.4. The lowest BCUT2D eigenvalue weighted by atomic mass is 9.97. The normalized spacial score (nSPS) is 20.1. The molecule has 1 fully saturated rings. The van der Waals surface area contributed by atoms with Crippen molar-refractivity contribution in [3.8, 4) is 0 Å². The predicted octanol–water partition coefficient (Wildman–Crippen LogP) is -0.368. The minimum atomic E-state index is -0.503. The van der Waals surface area contributed by atoms with Gasteiger partial charge in [-0.05, 0) is 31.7 Å². The summed E-state index contributed by atoms with van der Waals surface area (Å²) in [7, 11) is 0. The number of piperidine rings is 1. The molecule has 1 aliphatic heterocycles. The Balaban J connectivity index is 2.32. The van der Waals surface area contributed by atoms with Crippen LogP contribution < -0.4 is 16.8 Å². The highest BCUT2D eigenvalue weighted by molar-refractivity contribution is 5.76. The number of carbonyl (C=O) groups excluding carboxylic acids is 2. The van der Waals surface area contributed by atoms with Crippen molar-refractivity contribution in [2.75, 3.05) is 26.2 Å². The molecule has 1 unspecified atom stereocenters. The van der Waals surface area contributed by atoms with Gasteiger partial charge in [-0.3, -0.25) is 4.79 Å². The summed E-state index contributed by atoms with van der Waals surface area (Å²) in [5, 5.41) is 2.60. The summed E-state index contributed by atoms with van der Waals surface area (Å²) < 4.78 is 0. The van der Waals surface area contributed by atoms with Crippen LogP contribution in [0.5, 0.6) is 0 Å². The van der Waals surface area contributed by atoms with Crippen LogP contribution in [0.25, 0.3) is 0 Å². The number of hydrogen-bond acceptors (Lipinski definition) is 3. The predicted molar refractivity (Wildman–Crippen MR) is 65.2 cm³/mol. The SMILES string of the molecule is NCCCC(=O)N1CCCC(CNC(N)=O)C1. The second-order valence-electron chi connectivity index (χ2n) is 4.49. The highest BCUT2D eigenvalue weighted by atomic mass is 16.2. The second kappa shape index (κ2) is 7.11. The van der Waals surface area contributed by atoms with Crippen molar-refractivity contribution in [3.63, 3.8) is 0 Å². The smallest absolute Gasteiger partial charge is 0.312 e. The molecule has 0 spiro atoms. The summed E-state index contributed by atoms with van der Waals surface area (Å²) in [6, 6.07) is -0.503. The quantitative estimate of drug-likeness (QED) is 0.613. The van der Waals surface area contributed by atoms with Crippen LogP contribution in [-0.4, -0.2) is 43.0 Å². The van der Waals surface area contributed by atoms with Crippen molar-refractivity contribution < 1.29 is 9.59 Å². The number of nitrogens with two attached hydrogens (primary N) is 2. The lowest BCUT2D eigenvalue weighted by Crippen LogP contribution is -2.44. The first kappa shape index (κ1) is 13.8. The highest BCUT2D eigenvalue weighted by Gasteiger charge is 2.23. The number of likely N-dealkylation sites (tertiary alicyclic amines) is 1. The molecule has 0 aromatic rings. The Labute approximate surface area is 102 Å². The molecular formula is C11H22N4O2. The van der Waals surface area contributed by atoms with Gasteiger partial charge in [-0.1, -0.05) is 0 Å². The van der Waals surface area contributed by atoms with E-state index in [-0.39, 0.29) is 5.91 Å². The van der Waals surface area contributed by atoms with Crippen molar-refractivity contribution in [1.29, 1.82) is 0 Å². The number of urea groups is 1. The van der Waals surface area contributed by atoms with Gasteiger partial charge >= 0.3 is 6.03 Å². The molecule has 1 atom stereocenters. The molecule has 0 bridgehead atoms. The van der Waals surface area contributed by atoms with E-state index in [1.165, 1.54) is 0 Å². The fourth-order valence-electron chi connectivity index (χ4n) is 2.11. The summed E-state index contributed by atoms with van der Waals surface area (Å²) in [5.74, 6) is 0.484. The average molecular weight is 242 g/mol. The van der Waals surface area contributed by atoms with E-state index in [1.54, 1.807) is 0 Å². The van der Waals surface area contributed by atoms with Gasteiger partial charge in [-0.15, -0.1) is 0 Å². The van der Waals surface area contributed by atoms with E-state index in [9.17, 15) is 9.59 Å². The molecule has 3 amide bonds. The number of nitrogens with zero attached hydrogens (tertiary/aromatic N) is 1. The van der Waals surface area contributed by atoms with Gasteiger partial charge in [0.1, 0.15) is 0 Å². The molecule has 0 saturated carbocycles. The first-order valence-electron chi connectivity index (χ1n) is 6.14. The molecule has 1 rings (SSSR count). The number of nitrogens with one attached hydrogen (secondary N) is 1. The number of hydrogen-bond donors (Lipinski definition) is 3. The van der Waals surface area contributed by atoms with Gasteiger partial charge in [0.25, 0.3) is 0 Å². The number of carbonyl (C=O) groups is 2. The summed E-state index contributed by atoms with van der Waals surface area (Å²) in [6.07, 6.45) is 3.27. The molecule has 0 aliphatic carbocycles. The van der Waals surface area contributed by atoms with Crippen molar-refractivity contribution in [2.45, 2.75) is 25.7 Å². The molecule has 0 aromatic heterocycles. The van der Waals surface area contributed by atoms with Gasteiger partial charge < -0.3 is 21.7 Å². The maximum absolute atomic E-state index is 11.8. The van der Waals surface area contributed by atoms with Crippen molar-refractivity contribution in [2.24, 2.45) is 17.4 Å². The first-order chi connectivity index (χ1) is 8.13. The summed E-state index contributed by atoms with van der Waals surface area (Å²) >= 11 is 0.